The van der Waals surface area contributed by atoms with Crippen molar-refractivity contribution in [1.82, 2.24) is 20.3 Å². The second-order valence-corrected chi connectivity index (χ2v) is 10.3. The first-order valence-electron chi connectivity index (χ1n) is 12.6. The van der Waals surface area contributed by atoms with Gasteiger partial charge in [0.25, 0.3) is 0 Å². The third-order valence-electron chi connectivity index (χ3n) is 6.40. The Morgan fingerprint density at radius 1 is 1.30 bits per heavy atom. The molecule has 1 fully saturated rings. The van der Waals surface area contributed by atoms with Gasteiger partial charge in [0.15, 0.2) is 12.1 Å². The highest BCUT2D eigenvalue weighted by atomic mass is 35.5. The largest absolute Gasteiger partial charge is 0.441 e. The second-order valence-electron chi connectivity index (χ2n) is 9.88. The van der Waals surface area contributed by atoms with Crippen LogP contribution in [0.1, 0.15) is 41.1 Å². The van der Waals surface area contributed by atoms with E-state index < -0.39 is 23.6 Å². The van der Waals surface area contributed by atoms with Crippen molar-refractivity contribution in [3.05, 3.63) is 70.5 Å². The molecular weight excluding hydrogens is 541 g/mol. The summed E-state index contributed by atoms with van der Waals surface area (Å²) in [6, 6.07) is 6.98. The van der Waals surface area contributed by atoms with Gasteiger partial charge in [0, 0.05) is 45.8 Å². The fourth-order valence-electron chi connectivity index (χ4n) is 4.41. The van der Waals surface area contributed by atoms with Crippen molar-refractivity contribution in [3.8, 4) is 0 Å². The van der Waals surface area contributed by atoms with Gasteiger partial charge in [0.2, 0.25) is 0 Å². The Hall–Kier alpha value is -3.87. The highest BCUT2D eigenvalue weighted by Gasteiger charge is 2.37. The van der Waals surface area contributed by atoms with Gasteiger partial charge in [-0.15, -0.1) is 0 Å². The minimum absolute atomic E-state index is 0.0404. The number of β-amino-alcohol motifs (C(OH)–C–C–N with tert-alkyl or cyclic N) is 1. The molecule has 11 nitrogen and oxygen atoms in total. The van der Waals surface area contributed by atoms with Gasteiger partial charge < -0.3 is 25.0 Å². The van der Waals surface area contributed by atoms with Crippen molar-refractivity contribution in [2.24, 2.45) is 0 Å². The van der Waals surface area contributed by atoms with Crippen molar-refractivity contribution in [3.63, 3.8) is 0 Å². The number of fused-ring (bicyclic) bond motifs is 1. The normalized spacial score (nSPS) is 16.9. The Morgan fingerprint density at radius 2 is 2.08 bits per heavy atom. The molecule has 1 unspecified atom stereocenters. The molecule has 5 rings (SSSR count). The Kier molecular flexibility index (Phi) is 9.13. The lowest BCUT2D eigenvalue weighted by molar-refractivity contribution is 0.0305. The van der Waals surface area contributed by atoms with Crippen molar-refractivity contribution in [2.75, 3.05) is 48.8 Å². The van der Waals surface area contributed by atoms with Crippen LogP contribution in [0.2, 0.25) is 5.02 Å². The van der Waals surface area contributed by atoms with Gasteiger partial charge in [0.05, 0.1) is 34.3 Å². The van der Waals surface area contributed by atoms with Crippen molar-refractivity contribution in [2.45, 2.75) is 31.6 Å². The molecule has 2 aromatic heterocycles. The van der Waals surface area contributed by atoms with Crippen LogP contribution >= 0.6 is 11.6 Å². The number of amides is 1. The molecule has 0 radical (unpaired) electrons. The first-order chi connectivity index (χ1) is 19.1. The predicted molar refractivity (Wildman–Crippen MR) is 149 cm³/mol. The van der Waals surface area contributed by atoms with Gasteiger partial charge >= 0.3 is 6.09 Å². The molecule has 3 N–H and O–H groups in total. The molecule has 0 aliphatic carbocycles. The topological polar surface area (TPSA) is 133 Å². The van der Waals surface area contributed by atoms with Crippen LogP contribution in [0.25, 0.3) is 0 Å². The Bertz CT molecular complexity index is 1350. The zero-order chi connectivity index (χ0) is 28.9. The number of benzene rings is 1. The molecular formula is C27H31ClFN7O4. The summed E-state index contributed by atoms with van der Waals surface area (Å²) >= 11 is 5.83. The lowest BCUT2D eigenvalue weighted by Gasteiger charge is -2.44. The maximum atomic E-state index is 14.4. The van der Waals surface area contributed by atoms with Crippen LogP contribution in [0.4, 0.5) is 26.5 Å². The Balaban J connectivity index is 0.000000210. The summed E-state index contributed by atoms with van der Waals surface area (Å²) < 4.78 is 19.6. The van der Waals surface area contributed by atoms with Crippen molar-refractivity contribution < 1.29 is 23.8 Å². The number of carbonyl (C=O) groups excluding carboxylic acids is 2. The highest BCUT2D eigenvalue weighted by molar-refractivity contribution is 6.31. The van der Waals surface area contributed by atoms with E-state index in [2.05, 4.69) is 36.6 Å². The number of ether oxygens (including phenoxy) is 1. The summed E-state index contributed by atoms with van der Waals surface area (Å²) in [6.07, 6.45) is 4.21. The first kappa shape index (κ1) is 29.1. The standard InChI is InChI=1S/C16H14ClFN4O3.C11H17N3O/c1-22(13-7-19-6-9(8-23)20-13)5-4-12-14-11(21-16(24)25-12)3-2-10(17)15(14)18;1-11(15)7-14(8-11)10-4-3-9(5-12-2)6-13-10/h2-3,6-8,12H,4-5H2,1H3,(H,21,24);3-4,6,12,15H,5,7-8H2,1-2H3. The maximum Gasteiger partial charge on any atom is 0.412 e. The average Bonchev–Trinajstić information content (AvgIpc) is 2.93. The molecule has 0 saturated carbocycles. The number of pyridine rings is 1. The number of nitrogens with one attached hydrogen (secondary N) is 2. The molecule has 40 heavy (non-hydrogen) atoms. The summed E-state index contributed by atoms with van der Waals surface area (Å²) in [5.74, 6) is 0.813. The zero-order valence-electron chi connectivity index (χ0n) is 22.4. The first-order valence-corrected chi connectivity index (χ1v) is 13.0. The number of aromatic nitrogens is 3. The van der Waals surface area contributed by atoms with Crippen LogP contribution in [-0.4, -0.2) is 71.8 Å². The Labute approximate surface area is 236 Å². The molecule has 0 spiro atoms. The summed E-state index contributed by atoms with van der Waals surface area (Å²) in [6.45, 7) is 4.42. The lowest BCUT2D eigenvalue weighted by atomic mass is 9.97. The number of carbonyl (C=O) groups is 2. The molecule has 2 aliphatic heterocycles. The zero-order valence-corrected chi connectivity index (χ0v) is 23.2. The van der Waals surface area contributed by atoms with Crippen LogP contribution in [0.3, 0.4) is 0 Å². The SMILES string of the molecule is CN(CCC1OC(=O)Nc2ccc(Cl)c(F)c21)c1cncc(C=O)n1.CNCc1ccc(N2CC(C)(O)C2)nc1. The number of hydrogen-bond acceptors (Lipinski definition) is 10. The van der Waals surface area contributed by atoms with Crippen molar-refractivity contribution >= 4 is 41.3 Å². The number of halogens is 2. The molecule has 2 aliphatic rings. The molecule has 1 atom stereocenters. The van der Waals surface area contributed by atoms with Crippen LogP contribution in [0, 0.1) is 5.82 Å². The van der Waals surface area contributed by atoms with Crippen LogP contribution in [-0.2, 0) is 11.3 Å². The molecule has 1 amide bonds. The molecule has 1 saturated heterocycles. The minimum Gasteiger partial charge on any atom is -0.441 e. The van der Waals surface area contributed by atoms with Gasteiger partial charge in [-0.05, 0) is 37.7 Å². The molecule has 13 heteroatoms. The summed E-state index contributed by atoms with van der Waals surface area (Å²) in [7, 11) is 3.66. The summed E-state index contributed by atoms with van der Waals surface area (Å²) in [4.78, 5) is 38.7. The molecule has 0 bridgehead atoms. The van der Waals surface area contributed by atoms with Gasteiger partial charge in [0.1, 0.15) is 23.4 Å². The summed E-state index contributed by atoms with van der Waals surface area (Å²) in [5.41, 5.74) is 1.40. The minimum atomic E-state index is -0.785. The summed E-state index contributed by atoms with van der Waals surface area (Å²) in [5, 5.41) is 15.1. The van der Waals surface area contributed by atoms with E-state index in [-0.39, 0.29) is 16.3 Å². The van der Waals surface area contributed by atoms with E-state index >= 15 is 0 Å². The number of cyclic esters (lactones) is 1. The average molecular weight is 572 g/mol. The molecule has 1 aromatic carbocycles. The third-order valence-corrected chi connectivity index (χ3v) is 6.69. The van der Waals surface area contributed by atoms with E-state index in [0.717, 1.165) is 12.4 Å². The van der Waals surface area contributed by atoms with E-state index in [0.29, 0.717) is 43.8 Å². The fourth-order valence-corrected chi connectivity index (χ4v) is 4.57. The second kappa shape index (κ2) is 12.5. The van der Waals surface area contributed by atoms with E-state index in [1.807, 2.05) is 26.2 Å². The number of anilines is 3. The fraction of sp³-hybridized carbons (Fsp3) is 0.370. The number of aliphatic hydroxyl groups is 1. The van der Waals surface area contributed by atoms with Gasteiger partial charge in [-0.25, -0.2) is 19.2 Å². The van der Waals surface area contributed by atoms with E-state index in [9.17, 15) is 19.1 Å². The van der Waals surface area contributed by atoms with E-state index in [1.165, 1.54) is 30.1 Å². The molecule has 212 valence electrons. The maximum absolute atomic E-state index is 14.4. The smallest absolute Gasteiger partial charge is 0.412 e. The quantitative estimate of drug-likeness (QED) is 0.344. The number of rotatable bonds is 8. The van der Waals surface area contributed by atoms with E-state index in [1.54, 1.807) is 11.9 Å². The van der Waals surface area contributed by atoms with Crippen molar-refractivity contribution in [1.29, 1.82) is 0 Å². The van der Waals surface area contributed by atoms with Gasteiger partial charge in [-0.1, -0.05) is 17.7 Å². The van der Waals surface area contributed by atoms with Crippen LogP contribution < -0.4 is 20.4 Å². The number of hydrogen-bond donors (Lipinski definition) is 3. The molecule has 4 heterocycles. The van der Waals surface area contributed by atoms with Gasteiger partial charge in [-0.2, -0.15) is 0 Å². The molecule has 3 aromatic rings. The van der Waals surface area contributed by atoms with E-state index in [4.69, 9.17) is 16.3 Å². The third kappa shape index (κ3) is 7.00. The van der Waals surface area contributed by atoms with Crippen LogP contribution in [0.15, 0.2) is 42.9 Å². The van der Waals surface area contributed by atoms with Crippen LogP contribution in [0.5, 0.6) is 0 Å². The monoisotopic (exact) mass is 571 g/mol. The Morgan fingerprint density at radius 3 is 2.73 bits per heavy atom. The number of aldehydes is 1. The van der Waals surface area contributed by atoms with Gasteiger partial charge in [-0.3, -0.25) is 15.1 Å². The number of nitrogens with zero attached hydrogens (tertiary/aromatic N) is 5. The lowest BCUT2D eigenvalue weighted by Crippen LogP contribution is -2.60. The highest BCUT2D eigenvalue weighted by Crippen LogP contribution is 2.37. The predicted octanol–water partition coefficient (Wildman–Crippen LogP) is 3.58.